The number of halogens is 2. The van der Waals surface area contributed by atoms with E-state index in [1.54, 1.807) is 6.92 Å². The number of rotatable bonds is 1. The second kappa shape index (κ2) is 3.33. The number of aromatic carboxylic acids is 1. The van der Waals surface area contributed by atoms with Gasteiger partial charge in [0.15, 0.2) is 5.82 Å². The summed E-state index contributed by atoms with van der Waals surface area (Å²) in [6, 6.07) is 1.44. The Morgan fingerprint density at radius 1 is 1.69 bits per heavy atom. The van der Waals surface area contributed by atoms with Crippen LogP contribution in [0.4, 0.5) is 10.1 Å². The van der Waals surface area contributed by atoms with E-state index < -0.39 is 17.3 Å². The van der Waals surface area contributed by atoms with Crippen molar-refractivity contribution in [3.8, 4) is 0 Å². The Morgan fingerprint density at radius 2 is 2.23 bits per heavy atom. The van der Waals surface area contributed by atoms with Crippen molar-refractivity contribution in [2.45, 2.75) is 6.92 Å². The summed E-state index contributed by atoms with van der Waals surface area (Å²) in [7, 11) is 0. The zero-order chi connectivity index (χ0) is 10.2. The summed E-state index contributed by atoms with van der Waals surface area (Å²) in [4.78, 5) is 10.6. The van der Waals surface area contributed by atoms with Crippen molar-refractivity contribution < 1.29 is 14.3 Å². The topological polar surface area (TPSA) is 63.3 Å². The van der Waals surface area contributed by atoms with E-state index in [4.69, 9.17) is 10.8 Å². The van der Waals surface area contributed by atoms with Crippen LogP contribution >= 0.6 is 15.9 Å². The summed E-state index contributed by atoms with van der Waals surface area (Å²) in [5, 5.41) is 8.65. The van der Waals surface area contributed by atoms with E-state index in [0.29, 0.717) is 5.56 Å². The van der Waals surface area contributed by atoms with Crippen molar-refractivity contribution in [3.63, 3.8) is 0 Å². The maximum Gasteiger partial charge on any atom is 0.340 e. The minimum atomic E-state index is -1.36. The highest BCUT2D eigenvalue weighted by atomic mass is 79.9. The van der Waals surface area contributed by atoms with Gasteiger partial charge in [-0.25, -0.2) is 9.18 Å². The van der Waals surface area contributed by atoms with Gasteiger partial charge in [0.05, 0.1) is 10.2 Å². The third-order valence-corrected chi connectivity index (χ3v) is 2.26. The van der Waals surface area contributed by atoms with Crippen LogP contribution < -0.4 is 5.73 Å². The summed E-state index contributed by atoms with van der Waals surface area (Å²) in [5.41, 5.74) is 5.43. The Labute approximate surface area is 82.5 Å². The van der Waals surface area contributed by atoms with Gasteiger partial charge < -0.3 is 10.8 Å². The first-order valence-electron chi connectivity index (χ1n) is 3.42. The van der Waals surface area contributed by atoms with E-state index >= 15 is 0 Å². The molecule has 0 radical (unpaired) electrons. The second-order valence-electron chi connectivity index (χ2n) is 2.58. The van der Waals surface area contributed by atoms with Gasteiger partial charge >= 0.3 is 5.97 Å². The molecule has 0 aliphatic heterocycles. The summed E-state index contributed by atoms with van der Waals surface area (Å²) < 4.78 is 13.3. The number of benzene rings is 1. The maximum absolute atomic E-state index is 13.2. The number of carboxylic acids is 1. The number of carbonyl (C=O) groups is 1. The van der Waals surface area contributed by atoms with E-state index in [1.807, 2.05) is 0 Å². The monoisotopic (exact) mass is 247 g/mol. The molecule has 0 aromatic heterocycles. The number of aryl methyl sites for hydroxylation is 1. The summed E-state index contributed by atoms with van der Waals surface area (Å²) >= 11 is 2.91. The SMILES string of the molecule is Cc1cc(Br)c(F)c(C(=O)O)c1N. The van der Waals surface area contributed by atoms with E-state index in [-0.39, 0.29) is 10.2 Å². The highest BCUT2D eigenvalue weighted by Crippen LogP contribution is 2.27. The Balaban J connectivity index is 3.56. The number of hydrogen-bond donors (Lipinski definition) is 2. The zero-order valence-electron chi connectivity index (χ0n) is 6.77. The smallest absolute Gasteiger partial charge is 0.340 e. The summed E-state index contributed by atoms with van der Waals surface area (Å²) in [5.74, 6) is -2.20. The molecule has 0 saturated heterocycles. The maximum atomic E-state index is 13.2. The minimum Gasteiger partial charge on any atom is -0.478 e. The quantitative estimate of drug-likeness (QED) is 0.748. The van der Waals surface area contributed by atoms with Gasteiger partial charge in [0.1, 0.15) is 5.56 Å². The van der Waals surface area contributed by atoms with Gasteiger partial charge in [-0.3, -0.25) is 0 Å². The molecular formula is C8H7BrFNO2. The number of nitrogen functional groups attached to an aromatic ring is 1. The van der Waals surface area contributed by atoms with Crippen LogP contribution in [0.1, 0.15) is 15.9 Å². The molecule has 70 valence electrons. The Bertz CT molecular complexity index is 353. The average Bonchev–Trinajstić information content (AvgIpc) is 2.01. The Hall–Kier alpha value is -1.10. The van der Waals surface area contributed by atoms with Gasteiger partial charge in [0, 0.05) is 0 Å². The molecule has 0 amide bonds. The molecule has 0 spiro atoms. The highest BCUT2D eigenvalue weighted by molar-refractivity contribution is 9.10. The van der Waals surface area contributed by atoms with Gasteiger partial charge in [0.2, 0.25) is 0 Å². The van der Waals surface area contributed by atoms with Crippen LogP contribution in [0.5, 0.6) is 0 Å². The van der Waals surface area contributed by atoms with E-state index in [0.717, 1.165) is 0 Å². The largest absolute Gasteiger partial charge is 0.478 e. The molecule has 1 aromatic rings. The lowest BCUT2D eigenvalue weighted by molar-refractivity contribution is 0.0693. The van der Waals surface area contributed by atoms with Gasteiger partial charge in [-0.1, -0.05) is 0 Å². The molecule has 0 atom stereocenters. The number of hydrogen-bond acceptors (Lipinski definition) is 2. The molecule has 0 aliphatic rings. The summed E-state index contributed by atoms with van der Waals surface area (Å²) in [6.07, 6.45) is 0. The molecule has 3 N–H and O–H groups in total. The van der Waals surface area contributed by atoms with E-state index in [1.165, 1.54) is 6.07 Å². The van der Waals surface area contributed by atoms with Gasteiger partial charge in [0.25, 0.3) is 0 Å². The molecule has 0 unspecified atom stereocenters. The normalized spacial score (nSPS) is 10.1. The van der Waals surface area contributed by atoms with Crippen molar-refractivity contribution >= 4 is 27.6 Å². The van der Waals surface area contributed by atoms with Crippen molar-refractivity contribution in [1.82, 2.24) is 0 Å². The first-order valence-corrected chi connectivity index (χ1v) is 4.21. The molecular weight excluding hydrogens is 241 g/mol. The standard InChI is InChI=1S/C8H7BrFNO2/c1-3-2-4(9)6(10)5(7(3)11)8(12)13/h2H,11H2,1H3,(H,12,13). The highest BCUT2D eigenvalue weighted by Gasteiger charge is 2.18. The third kappa shape index (κ3) is 1.65. The molecule has 1 aromatic carbocycles. The molecule has 1 rings (SSSR count). The molecule has 3 nitrogen and oxygen atoms in total. The lowest BCUT2D eigenvalue weighted by Crippen LogP contribution is -2.08. The predicted octanol–water partition coefficient (Wildman–Crippen LogP) is 2.18. The Kier molecular flexibility index (Phi) is 2.56. The molecule has 13 heavy (non-hydrogen) atoms. The fourth-order valence-corrected chi connectivity index (χ4v) is 1.52. The van der Waals surface area contributed by atoms with Crippen molar-refractivity contribution in [2.24, 2.45) is 0 Å². The van der Waals surface area contributed by atoms with Gasteiger partial charge in [-0.2, -0.15) is 0 Å². The van der Waals surface area contributed by atoms with Crippen LogP contribution in [0.3, 0.4) is 0 Å². The van der Waals surface area contributed by atoms with E-state index in [9.17, 15) is 9.18 Å². The Morgan fingerprint density at radius 3 is 2.69 bits per heavy atom. The van der Waals surface area contributed by atoms with Crippen LogP contribution in [-0.2, 0) is 0 Å². The number of carboxylic acid groups (broad SMARTS) is 1. The van der Waals surface area contributed by atoms with Crippen LogP contribution in [0.15, 0.2) is 10.5 Å². The fraction of sp³-hybridized carbons (Fsp3) is 0.125. The third-order valence-electron chi connectivity index (χ3n) is 1.68. The molecule has 0 bridgehead atoms. The molecule has 5 heteroatoms. The van der Waals surface area contributed by atoms with Gasteiger partial charge in [-0.15, -0.1) is 0 Å². The van der Waals surface area contributed by atoms with Crippen LogP contribution in [0, 0.1) is 12.7 Å². The predicted molar refractivity (Wildman–Crippen MR) is 50.2 cm³/mol. The number of nitrogens with two attached hydrogens (primary N) is 1. The molecule has 0 heterocycles. The molecule has 0 saturated carbocycles. The van der Waals surface area contributed by atoms with Crippen molar-refractivity contribution in [3.05, 3.63) is 27.5 Å². The molecule has 0 fully saturated rings. The van der Waals surface area contributed by atoms with Crippen LogP contribution in [0.2, 0.25) is 0 Å². The van der Waals surface area contributed by atoms with Crippen LogP contribution in [-0.4, -0.2) is 11.1 Å². The minimum absolute atomic E-state index is 0.0341. The van der Waals surface area contributed by atoms with Crippen molar-refractivity contribution in [2.75, 3.05) is 5.73 Å². The average molecular weight is 248 g/mol. The van der Waals surface area contributed by atoms with Gasteiger partial charge in [-0.05, 0) is 34.5 Å². The van der Waals surface area contributed by atoms with Crippen LogP contribution in [0.25, 0.3) is 0 Å². The first kappa shape index (κ1) is 9.98. The fourth-order valence-electron chi connectivity index (χ4n) is 0.975. The van der Waals surface area contributed by atoms with E-state index in [2.05, 4.69) is 15.9 Å². The molecule has 0 aliphatic carbocycles. The summed E-state index contributed by atoms with van der Waals surface area (Å²) in [6.45, 7) is 1.62. The lowest BCUT2D eigenvalue weighted by Gasteiger charge is -2.07. The lowest BCUT2D eigenvalue weighted by atomic mass is 10.1. The van der Waals surface area contributed by atoms with Crippen molar-refractivity contribution in [1.29, 1.82) is 0 Å². The zero-order valence-corrected chi connectivity index (χ0v) is 8.35. The number of anilines is 1. The first-order chi connectivity index (χ1) is 5.95. The second-order valence-corrected chi connectivity index (χ2v) is 3.44.